The van der Waals surface area contributed by atoms with E-state index in [1.165, 1.54) is 0 Å². The molecule has 1 saturated carbocycles. The molecule has 0 radical (unpaired) electrons. The summed E-state index contributed by atoms with van der Waals surface area (Å²) in [4.78, 5) is 14.9. The smallest absolute Gasteiger partial charge is 0.315 e. The lowest BCUT2D eigenvalue weighted by atomic mass is 9.80. The van der Waals surface area contributed by atoms with Gasteiger partial charge in [0.25, 0.3) is 0 Å². The standard InChI is InChI=1S/C15H19N3O2/c19-14(17-10-15(20)6-3-7-15)16-9-12-8-11-4-1-2-5-13(11)18-12/h1-2,4-5,8,18,20H,3,6-7,9-10H2,(H2,16,17,19). The fourth-order valence-corrected chi connectivity index (χ4v) is 2.47. The van der Waals surface area contributed by atoms with Crippen molar-refractivity contribution in [3.05, 3.63) is 36.0 Å². The highest BCUT2D eigenvalue weighted by Gasteiger charge is 2.34. The minimum atomic E-state index is -0.682. The molecule has 20 heavy (non-hydrogen) atoms. The zero-order valence-electron chi connectivity index (χ0n) is 11.3. The number of H-pyrrole nitrogens is 1. The van der Waals surface area contributed by atoms with Crippen LogP contribution in [0.15, 0.2) is 30.3 Å². The number of amides is 2. The van der Waals surface area contributed by atoms with Gasteiger partial charge >= 0.3 is 6.03 Å². The average Bonchev–Trinajstić information content (AvgIpc) is 2.83. The number of nitrogens with one attached hydrogen (secondary N) is 3. The first-order valence-corrected chi connectivity index (χ1v) is 6.95. The Bertz CT molecular complexity index is 583. The number of benzene rings is 1. The number of fused-ring (bicyclic) bond motifs is 1. The molecule has 0 spiro atoms. The Morgan fingerprint density at radius 3 is 2.80 bits per heavy atom. The summed E-state index contributed by atoms with van der Waals surface area (Å²) in [6, 6.07) is 9.77. The van der Waals surface area contributed by atoms with Crippen LogP contribution in [0.2, 0.25) is 0 Å². The van der Waals surface area contributed by atoms with Crippen LogP contribution in [0.4, 0.5) is 4.79 Å². The summed E-state index contributed by atoms with van der Waals surface area (Å²) >= 11 is 0. The van der Waals surface area contributed by atoms with Gasteiger partial charge in [0.05, 0.1) is 12.1 Å². The van der Waals surface area contributed by atoms with Gasteiger partial charge < -0.3 is 20.7 Å². The predicted molar refractivity (Wildman–Crippen MR) is 77.3 cm³/mol. The molecule has 1 aromatic heterocycles. The van der Waals surface area contributed by atoms with Gasteiger partial charge in [0.1, 0.15) is 0 Å². The maximum atomic E-state index is 11.7. The zero-order chi connectivity index (χ0) is 14.0. The molecule has 2 aromatic rings. The van der Waals surface area contributed by atoms with E-state index in [1.807, 2.05) is 30.3 Å². The molecular weight excluding hydrogens is 254 g/mol. The summed E-state index contributed by atoms with van der Waals surface area (Å²) < 4.78 is 0. The first kappa shape index (κ1) is 13.0. The highest BCUT2D eigenvalue weighted by molar-refractivity contribution is 5.80. The van der Waals surface area contributed by atoms with Crippen molar-refractivity contribution in [3.8, 4) is 0 Å². The normalized spacial score (nSPS) is 16.6. The summed E-state index contributed by atoms with van der Waals surface area (Å²) in [7, 11) is 0. The van der Waals surface area contributed by atoms with Crippen LogP contribution in [0, 0.1) is 0 Å². The lowest BCUT2D eigenvalue weighted by Gasteiger charge is -2.36. The maximum absolute atomic E-state index is 11.7. The second kappa shape index (κ2) is 5.17. The zero-order valence-corrected chi connectivity index (χ0v) is 11.3. The van der Waals surface area contributed by atoms with E-state index in [0.717, 1.165) is 35.9 Å². The largest absolute Gasteiger partial charge is 0.388 e. The van der Waals surface area contributed by atoms with E-state index in [1.54, 1.807) is 0 Å². The highest BCUT2D eigenvalue weighted by Crippen LogP contribution is 2.30. The molecule has 0 bridgehead atoms. The number of aromatic nitrogens is 1. The Labute approximate surface area is 117 Å². The molecule has 2 amide bonds. The van der Waals surface area contributed by atoms with E-state index >= 15 is 0 Å². The number of hydrogen-bond acceptors (Lipinski definition) is 2. The first-order chi connectivity index (χ1) is 9.65. The highest BCUT2D eigenvalue weighted by atomic mass is 16.3. The second-order valence-electron chi connectivity index (χ2n) is 5.50. The summed E-state index contributed by atoms with van der Waals surface area (Å²) in [5, 5.41) is 16.5. The van der Waals surface area contributed by atoms with Crippen LogP contribution >= 0.6 is 0 Å². The average molecular weight is 273 g/mol. The molecule has 5 heteroatoms. The third-order valence-electron chi connectivity index (χ3n) is 3.89. The Morgan fingerprint density at radius 2 is 2.10 bits per heavy atom. The van der Waals surface area contributed by atoms with Gasteiger partial charge in [-0.15, -0.1) is 0 Å². The fraction of sp³-hybridized carbons (Fsp3) is 0.400. The van der Waals surface area contributed by atoms with E-state index in [-0.39, 0.29) is 6.03 Å². The summed E-state index contributed by atoms with van der Waals surface area (Å²) in [6.07, 6.45) is 2.58. The van der Waals surface area contributed by atoms with Crippen molar-refractivity contribution in [1.29, 1.82) is 0 Å². The van der Waals surface area contributed by atoms with Crippen LogP contribution in [-0.2, 0) is 6.54 Å². The Balaban J connectivity index is 1.49. The molecule has 1 aromatic carbocycles. The molecule has 106 valence electrons. The molecule has 1 fully saturated rings. The van der Waals surface area contributed by atoms with Crippen LogP contribution in [-0.4, -0.2) is 28.3 Å². The van der Waals surface area contributed by atoms with E-state index in [0.29, 0.717) is 13.1 Å². The van der Waals surface area contributed by atoms with Gasteiger partial charge in [-0.3, -0.25) is 0 Å². The number of para-hydroxylation sites is 1. The lowest BCUT2D eigenvalue weighted by molar-refractivity contribution is -0.0290. The van der Waals surface area contributed by atoms with E-state index < -0.39 is 5.60 Å². The molecule has 1 aliphatic carbocycles. The molecule has 3 rings (SSSR count). The number of urea groups is 1. The summed E-state index contributed by atoms with van der Waals surface area (Å²) in [5.41, 5.74) is 1.34. The van der Waals surface area contributed by atoms with Crippen LogP contribution in [0.1, 0.15) is 25.0 Å². The fourth-order valence-electron chi connectivity index (χ4n) is 2.47. The van der Waals surface area contributed by atoms with Gasteiger partial charge in [-0.25, -0.2) is 4.79 Å². The molecule has 0 atom stereocenters. The number of carbonyl (C=O) groups is 1. The van der Waals surface area contributed by atoms with Crippen molar-refractivity contribution in [2.45, 2.75) is 31.4 Å². The maximum Gasteiger partial charge on any atom is 0.315 e. The Hall–Kier alpha value is -2.01. The number of carbonyl (C=O) groups excluding carboxylic acids is 1. The van der Waals surface area contributed by atoms with Crippen LogP contribution in [0.3, 0.4) is 0 Å². The van der Waals surface area contributed by atoms with Gasteiger partial charge in [0, 0.05) is 17.8 Å². The third kappa shape index (κ3) is 2.77. The van der Waals surface area contributed by atoms with Crippen molar-refractivity contribution in [2.24, 2.45) is 0 Å². The predicted octanol–water partition coefficient (Wildman–Crippen LogP) is 1.88. The number of aliphatic hydroxyl groups is 1. The number of aromatic amines is 1. The Morgan fingerprint density at radius 1 is 1.30 bits per heavy atom. The quantitative estimate of drug-likeness (QED) is 0.686. The SMILES string of the molecule is O=C(NCc1cc2ccccc2[nH]1)NCC1(O)CCC1. The monoisotopic (exact) mass is 273 g/mol. The van der Waals surface area contributed by atoms with Crippen LogP contribution in [0.5, 0.6) is 0 Å². The second-order valence-corrected chi connectivity index (χ2v) is 5.50. The topological polar surface area (TPSA) is 77.2 Å². The summed E-state index contributed by atoms with van der Waals surface area (Å²) in [5.74, 6) is 0. The summed E-state index contributed by atoms with van der Waals surface area (Å²) in [6.45, 7) is 0.768. The van der Waals surface area contributed by atoms with Crippen LogP contribution in [0.25, 0.3) is 10.9 Å². The van der Waals surface area contributed by atoms with Gasteiger partial charge in [0.15, 0.2) is 0 Å². The molecule has 1 aliphatic rings. The Kier molecular flexibility index (Phi) is 3.36. The van der Waals surface area contributed by atoms with Gasteiger partial charge in [-0.2, -0.15) is 0 Å². The molecule has 0 unspecified atom stereocenters. The van der Waals surface area contributed by atoms with E-state index in [4.69, 9.17) is 0 Å². The number of hydrogen-bond donors (Lipinski definition) is 4. The van der Waals surface area contributed by atoms with Crippen molar-refractivity contribution in [2.75, 3.05) is 6.54 Å². The van der Waals surface area contributed by atoms with Gasteiger partial charge in [-0.1, -0.05) is 18.2 Å². The van der Waals surface area contributed by atoms with Gasteiger partial charge in [-0.05, 0) is 36.8 Å². The molecule has 5 nitrogen and oxygen atoms in total. The lowest BCUT2D eigenvalue weighted by Crippen LogP contribution is -2.49. The van der Waals surface area contributed by atoms with Crippen molar-refractivity contribution < 1.29 is 9.90 Å². The molecular formula is C15H19N3O2. The van der Waals surface area contributed by atoms with E-state index in [9.17, 15) is 9.90 Å². The molecule has 1 heterocycles. The van der Waals surface area contributed by atoms with Crippen molar-refractivity contribution >= 4 is 16.9 Å². The van der Waals surface area contributed by atoms with Crippen molar-refractivity contribution in [3.63, 3.8) is 0 Å². The first-order valence-electron chi connectivity index (χ1n) is 6.95. The molecule has 4 N–H and O–H groups in total. The minimum absolute atomic E-state index is 0.246. The van der Waals surface area contributed by atoms with Crippen molar-refractivity contribution in [1.82, 2.24) is 15.6 Å². The third-order valence-corrected chi connectivity index (χ3v) is 3.89. The van der Waals surface area contributed by atoms with E-state index in [2.05, 4.69) is 15.6 Å². The minimum Gasteiger partial charge on any atom is -0.388 e. The molecule has 0 aliphatic heterocycles. The van der Waals surface area contributed by atoms with Crippen LogP contribution < -0.4 is 10.6 Å². The molecule has 0 saturated heterocycles. The van der Waals surface area contributed by atoms with Gasteiger partial charge in [0.2, 0.25) is 0 Å². The number of rotatable bonds is 4.